The fourth-order valence-corrected chi connectivity index (χ4v) is 3.00. The first-order chi connectivity index (χ1) is 8.91. The first kappa shape index (κ1) is 15.0. The number of alkyl halides is 1. The lowest BCUT2D eigenvalue weighted by Gasteiger charge is -2.43. The number of halogens is 2. The molecule has 2 rings (SSSR count). The minimum atomic E-state index is 0.248. The van der Waals surface area contributed by atoms with Gasteiger partial charge in [-0.1, -0.05) is 17.7 Å². The van der Waals surface area contributed by atoms with Crippen molar-refractivity contribution >= 4 is 28.9 Å². The summed E-state index contributed by atoms with van der Waals surface area (Å²) >= 11 is 12.2. The number of hydrogen-bond acceptors (Lipinski definition) is 2. The van der Waals surface area contributed by atoms with Crippen molar-refractivity contribution in [2.24, 2.45) is 0 Å². The normalized spacial score (nSPS) is 17.8. The molecule has 0 radical (unpaired) electrons. The molecule has 0 aliphatic carbocycles. The van der Waals surface area contributed by atoms with E-state index in [2.05, 4.69) is 42.7 Å². The second-order valence-electron chi connectivity index (χ2n) is 6.06. The molecule has 19 heavy (non-hydrogen) atoms. The molecule has 1 saturated heterocycles. The number of piperazine rings is 1. The number of anilines is 1. The maximum atomic E-state index is 6.35. The van der Waals surface area contributed by atoms with Crippen LogP contribution in [0.25, 0.3) is 0 Å². The van der Waals surface area contributed by atoms with E-state index in [1.807, 2.05) is 6.07 Å². The van der Waals surface area contributed by atoms with Gasteiger partial charge in [0.25, 0.3) is 0 Å². The van der Waals surface area contributed by atoms with Gasteiger partial charge in [-0.2, -0.15) is 0 Å². The van der Waals surface area contributed by atoms with Gasteiger partial charge >= 0.3 is 0 Å². The van der Waals surface area contributed by atoms with Crippen LogP contribution in [-0.2, 0) is 5.88 Å². The van der Waals surface area contributed by atoms with Crippen molar-refractivity contribution in [1.82, 2.24) is 4.90 Å². The van der Waals surface area contributed by atoms with Gasteiger partial charge in [0.1, 0.15) is 0 Å². The van der Waals surface area contributed by atoms with Gasteiger partial charge in [-0.3, -0.25) is 4.90 Å². The number of nitrogens with zero attached hydrogens (tertiary/aromatic N) is 2. The second kappa shape index (κ2) is 5.90. The van der Waals surface area contributed by atoms with Crippen LogP contribution in [0.4, 0.5) is 5.69 Å². The van der Waals surface area contributed by atoms with E-state index in [-0.39, 0.29) is 5.54 Å². The van der Waals surface area contributed by atoms with Gasteiger partial charge in [0.2, 0.25) is 0 Å². The summed E-state index contributed by atoms with van der Waals surface area (Å²) in [5.41, 5.74) is 2.45. The van der Waals surface area contributed by atoms with Gasteiger partial charge in [-0.25, -0.2) is 0 Å². The van der Waals surface area contributed by atoms with Crippen LogP contribution in [0.15, 0.2) is 18.2 Å². The zero-order valence-electron chi connectivity index (χ0n) is 11.9. The van der Waals surface area contributed by atoms with E-state index in [4.69, 9.17) is 23.2 Å². The standard InChI is InChI=1S/C15H22Cl2N2/c1-15(2,3)19-8-6-18(7-9-19)14-5-4-12(11-16)10-13(14)17/h4-5,10H,6-9,11H2,1-3H3. The first-order valence-corrected chi connectivity index (χ1v) is 7.67. The van der Waals surface area contributed by atoms with Crippen LogP contribution in [0, 0.1) is 0 Å². The van der Waals surface area contributed by atoms with Crippen molar-refractivity contribution in [1.29, 1.82) is 0 Å². The summed E-state index contributed by atoms with van der Waals surface area (Å²) < 4.78 is 0. The van der Waals surface area contributed by atoms with Crippen LogP contribution in [-0.4, -0.2) is 36.6 Å². The molecule has 1 fully saturated rings. The molecule has 4 heteroatoms. The number of benzene rings is 1. The van der Waals surface area contributed by atoms with E-state index in [0.29, 0.717) is 5.88 Å². The molecule has 0 saturated carbocycles. The molecule has 0 N–H and O–H groups in total. The van der Waals surface area contributed by atoms with Crippen molar-refractivity contribution in [2.45, 2.75) is 32.2 Å². The lowest BCUT2D eigenvalue weighted by molar-refractivity contribution is 0.128. The Morgan fingerprint density at radius 3 is 2.21 bits per heavy atom. The smallest absolute Gasteiger partial charge is 0.0642 e. The highest BCUT2D eigenvalue weighted by Gasteiger charge is 2.26. The van der Waals surface area contributed by atoms with E-state index in [9.17, 15) is 0 Å². The van der Waals surface area contributed by atoms with Crippen molar-refractivity contribution in [3.8, 4) is 0 Å². The highest BCUT2D eigenvalue weighted by molar-refractivity contribution is 6.33. The lowest BCUT2D eigenvalue weighted by Crippen LogP contribution is -2.53. The molecule has 1 aliphatic heterocycles. The Labute approximate surface area is 126 Å². The maximum Gasteiger partial charge on any atom is 0.0642 e. The van der Waals surface area contributed by atoms with Crippen LogP contribution >= 0.6 is 23.2 Å². The minimum Gasteiger partial charge on any atom is -0.368 e. The molecule has 1 aromatic carbocycles. The van der Waals surface area contributed by atoms with Crippen molar-refractivity contribution in [2.75, 3.05) is 31.1 Å². The molecule has 0 amide bonds. The van der Waals surface area contributed by atoms with Crippen molar-refractivity contribution < 1.29 is 0 Å². The molecule has 0 spiro atoms. The molecule has 0 atom stereocenters. The maximum absolute atomic E-state index is 6.35. The second-order valence-corrected chi connectivity index (χ2v) is 6.74. The molecule has 2 nitrogen and oxygen atoms in total. The largest absolute Gasteiger partial charge is 0.368 e. The van der Waals surface area contributed by atoms with Gasteiger partial charge in [0, 0.05) is 37.6 Å². The van der Waals surface area contributed by atoms with Crippen molar-refractivity contribution in [3.63, 3.8) is 0 Å². The van der Waals surface area contributed by atoms with Crippen molar-refractivity contribution in [3.05, 3.63) is 28.8 Å². The molecule has 1 aliphatic rings. The van der Waals surface area contributed by atoms with E-state index in [1.54, 1.807) is 0 Å². The first-order valence-electron chi connectivity index (χ1n) is 6.76. The van der Waals surface area contributed by atoms with E-state index >= 15 is 0 Å². The van der Waals surface area contributed by atoms with Gasteiger partial charge in [0.15, 0.2) is 0 Å². The molecule has 106 valence electrons. The Balaban J connectivity index is 2.06. The summed E-state index contributed by atoms with van der Waals surface area (Å²) in [4.78, 5) is 4.88. The Bertz CT molecular complexity index is 432. The predicted molar refractivity (Wildman–Crippen MR) is 84.5 cm³/mol. The average Bonchev–Trinajstić information content (AvgIpc) is 2.37. The van der Waals surface area contributed by atoms with Crippen LogP contribution in [0.1, 0.15) is 26.3 Å². The SMILES string of the molecule is CC(C)(C)N1CCN(c2ccc(CCl)cc2Cl)CC1. The predicted octanol–water partition coefficient (Wildman–Crippen LogP) is 4.00. The van der Waals surface area contributed by atoms with Crippen LogP contribution < -0.4 is 4.90 Å². The van der Waals surface area contributed by atoms with E-state index in [0.717, 1.165) is 42.5 Å². The molecule has 1 aromatic rings. The summed E-state index contributed by atoms with van der Waals surface area (Å²) in [6, 6.07) is 6.12. The zero-order valence-corrected chi connectivity index (χ0v) is 13.4. The molecular weight excluding hydrogens is 279 g/mol. The molecular formula is C15H22Cl2N2. The summed E-state index contributed by atoms with van der Waals surface area (Å²) in [5, 5.41) is 0.808. The van der Waals surface area contributed by atoms with E-state index < -0.39 is 0 Å². The van der Waals surface area contributed by atoms with Crippen LogP contribution in [0.5, 0.6) is 0 Å². The van der Waals surface area contributed by atoms with Gasteiger partial charge in [-0.15, -0.1) is 11.6 Å². The summed E-state index contributed by atoms with van der Waals surface area (Å²) in [6.07, 6.45) is 0. The van der Waals surface area contributed by atoms with E-state index in [1.165, 1.54) is 0 Å². The average molecular weight is 301 g/mol. The molecule has 1 heterocycles. The molecule has 0 unspecified atom stereocenters. The van der Waals surface area contributed by atoms with Crippen LogP contribution in [0.3, 0.4) is 0 Å². The molecule has 0 aromatic heterocycles. The number of hydrogen-bond donors (Lipinski definition) is 0. The Hall–Kier alpha value is -0.440. The fraction of sp³-hybridized carbons (Fsp3) is 0.600. The number of rotatable bonds is 2. The Kier molecular flexibility index (Phi) is 4.65. The van der Waals surface area contributed by atoms with Gasteiger partial charge in [-0.05, 0) is 38.5 Å². The topological polar surface area (TPSA) is 6.48 Å². The third kappa shape index (κ3) is 3.56. The Morgan fingerprint density at radius 1 is 1.11 bits per heavy atom. The highest BCUT2D eigenvalue weighted by atomic mass is 35.5. The third-order valence-electron chi connectivity index (χ3n) is 3.74. The quantitative estimate of drug-likeness (QED) is 0.762. The summed E-state index contributed by atoms with van der Waals surface area (Å²) in [5.74, 6) is 0.512. The zero-order chi connectivity index (χ0) is 14.0. The Morgan fingerprint density at radius 2 is 1.74 bits per heavy atom. The summed E-state index contributed by atoms with van der Waals surface area (Å²) in [7, 11) is 0. The highest BCUT2D eigenvalue weighted by Crippen LogP contribution is 2.29. The lowest BCUT2D eigenvalue weighted by atomic mass is 10.0. The fourth-order valence-electron chi connectivity index (χ4n) is 2.51. The monoisotopic (exact) mass is 300 g/mol. The van der Waals surface area contributed by atoms with Gasteiger partial charge in [0.05, 0.1) is 10.7 Å². The minimum absolute atomic E-state index is 0.248. The van der Waals surface area contributed by atoms with Gasteiger partial charge < -0.3 is 4.90 Å². The third-order valence-corrected chi connectivity index (χ3v) is 4.35. The molecule has 0 bridgehead atoms. The summed E-state index contributed by atoms with van der Waals surface area (Å²) in [6.45, 7) is 11.0. The van der Waals surface area contributed by atoms with Crippen LogP contribution in [0.2, 0.25) is 5.02 Å².